The molecule has 5 nitrogen and oxygen atoms in total. The van der Waals surface area contributed by atoms with E-state index < -0.39 is 0 Å². The Balaban J connectivity index is 1.48. The van der Waals surface area contributed by atoms with E-state index in [4.69, 9.17) is 9.47 Å². The number of pyridine rings is 1. The predicted octanol–water partition coefficient (Wildman–Crippen LogP) is 3.16. The highest BCUT2D eigenvalue weighted by Gasteiger charge is 2.48. The lowest BCUT2D eigenvalue weighted by molar-refractivity contribution is 0.0500. The number of piperidine rings is 1. The minimum Gasteiger partial charge on any atom is -0.497 e. The fourth-order valence-corrected chi connectivity index (χ4v) is 4.10. The zero-order chi connectivity index (χ0) is 17.2. The number of hydrogen-bond donors (Lipinski definition) is 0. The lowest BCUT2D eigenvalue weighted by atomic mass is 9.99. The molecule has 2 aliphatic rings. The van der Waals surface area contributed by atoms with Crippen LogP contribution in [0.1, 0.15) is 29.8 Å². The fourth-order valence-electron chi connectivity index (χ4n) is 4.10. The molecule has 5 heteroatoms. The predicted molar refractivity (Wildman–Crippen MR) is 93.8 cm³/mol. The van der Waals surface area contributed by atoms with E-state index in [0.717, 1.165) is 24.3 Å². The third kappa shape index (κ3) is 3.06. The van der Waals surface area contributed by atoms with Gasteiger partial charge in [-0.1, -0.05) is 6.07 Å². The van der Waals surface area contributed by atoms with Crippen molar-refractivity contribution in [2.75, 3.05) is 13.7 Å². The van der Waals surface area contributed by atoms with E-state index in [1.54, 1.807) is 19.4 Å². The molecule has 1 aromatic heterocycles. The fraction of sp³-hybridized carbons (Fsp3) is 0.400. The number of aromatic nitrogens is 1. The van der Waals surface area contributed by atoms with Gasteiger partial charge < -0.3 is 14.4 Å². The highest BCUT2D eigenvalue weighted by atomic mass is 16.5. The van der Waals surface area contributed by atoms with Crippen LogP contribution in [0, 0.1) is 5.92 Å². The Bertz CT molecular complexity index is 732. The zero-order valence-electron chi connectivity index (χ0n) is 14.3. The van der Waals surface area contributed by atoms with Crippen LogP contribution in [0.2, 0.25) is 0 Å². The number of carbonyl (C=O) groups excluding carboxylic acids is 1. The molecule has 1 saturated heterocycles. The molecule has 2 bridgehead atoms. The van der Waals surface area contributed by atoms with Gasteiger partial charge in [-0.15, -0.1) is 0 Å². The zero-order valence-corrected chi connectivity index (χ0v) is 14.3. The monoisotopic (exact) mass is 338 g/mol. The first-order chi connectivity index (χ1) is 12.3. The topological polar surface area (TPSA) is 51.7 Å². The molecule has 1 aliphatic heterocycles. The van der Waals surface area contributed by atoms with Crippen molar-refractivity contribution >= 4 is 5.91 Å². The Morgan fingerprint density at radius 2 is 1.96 bits per heavy atom. The van der Waals surface area contributed by atoms with E-state index in [-0.39, 0.29) is 11.9 Å². The van der Waals surface area contributed by atoms with Crippen molar-refractivity contribution < 1.29 is 14.3 Å². The molecule has 1 aromatic carbocycles. The Labute approximate surface area is 147 Å². The van der Waals surface area contributed by atoms with E-state index in [1.165, 1.54) is 6.42 Å². The van der Waals surface area contributed by atoms with Crippen LogP contribution >= 0.6 is 0 Å². The summed E-state index contributed by atoms with van der Waals surface area (Å²) in [6.45, 7) is 0.520. The van der Waals surface area contributed by atoms with Crippen molar-refractivity contribution in [1.82, 2.24) is 9.88 Å². The Kier molecular flexibility index (Phi) is 4.30. The van der Waals surface area contributed by atoms with E-state index in [1.807, 2.05) is 41.3 Å². The SMILES string of the molecule is COc1ccc(OC[C@@H]2[C@@H]3CC[C@@H](C3)N2C(=O)c2ccccn2)cc1. The smallest absolute Gasteiger partial charge is 0.273 e. The van der Waals surface area contributed by atoms with Crippen LogP contribution in [0.4, 0.5) is 0 Å². The van der Waals surface area contributed by atoms with Gasteiger partial charge in [0.2, 0.25) is 0 Å². The van der Waals surface area contributed by atoms with Gasteiger partial charge >= 0.3 is 0 Å². The quantitative estimate of drug-likeness (QED) is 0.840. The Morgan fingerprint density at radius 1 is 1.16 bits per heavy atom. The molecular weight excluding hydrogens is 316 g/mol. The molecule has 1 aliphatic carbocycles. The van der Waals surface area contributed by atoms with Crippen molar-refractivity contribution in [3.05, 3.63) is 54.4 Å². The second-order valence-corrected chi connectivity index (χ2v) is 6.71. The van der Waals surface area contributed by atoms with Crippen LogP contribution < -0.4 is 9.47 Å². The molecule has 0 spiro atoms. The minimum atomic E-state index is 0.0242. The van der Waals surface area contributed by atoms with Gasteiger partial charge in [0.1, 0.15) is 23.8 Å². The number of hydrogen-bond acceptors (Lipinski definition) is 4. The normalized spacial score (nSPS) is 24.4. The summed E-state index contributed by atoms with van der Waals surface area (Å²) >= 11 is 0. The maximum absolute atomic E-state index is 12.9. The summed E-state index contributed by atoms with van der Waals surface area (Å²) in [6.07, 6.45) is 5.01. The first-order valence-corrected chi connectivity index (χ1v) is 8.77. The van der Waals surface area contributed by atoms with Crippen molar-refractivity contribution in [2.45, 2.75) is 31.3 Å². The molecule has 2 aromatic rings. The Morgan fingerprint density at radius 3 is 2.68 bits per heavy atom. The van der Waals surface area contributed by atoms with Crippen molar-refractivity contribution in [1.29, 1.82) is 0 Å². The average Bonchev–Trinajstić information content (AvgIpc) is 3.28. The van der Waals surface area contributed by atoms with Crippen LogP contribution in [-0.4, -0.2) is 41.6 Å². The first-order valence-electron chi connectivity index (χ1n) is 8.77. The molecule has 0 radical (unpaired) electrons. The number of fused-ring (bicyclic) bond motifs is 2. The van der Waals surface area contributed by atoms with Gasteiger partial charge in [0.05, 0.1) is 13.2 Å². The van der Waals surface area contributed by atoms with Gasteiger partial charge in [0, 0.05) is 12.2 Å². The van der Waals surface area contributed by atoms with Gasteiger partial charge in [-0.3, -0.25) is 9.78 Å². The van der Waals surface area contributed by atoms with Gasteiger partial charge in [-0.05, 0) is 61.6 Å². The molecule has 130 valence electrons. The third-order valence-electron chi connectivity index (χ3n) is 5.34. The summed E-state index contributed by atoms with van der Waals surface area (Å²) in [7, 11) is 1.65. The standard InChI is InChI=1S/C20H22N2O3/c1-24-16-7-9-17(10-8-16)25-13-19-14-5-6-15(12-14)22(19)20(23)18-4-2-3-11-21-18/h2-4,7-11,14-15,19H,5-6,12-13H2,1H3/t14-,15+,19-/m1/s1. The highest BCUT2D eigenvalue weighted by Crippen LogP contribution is 2.43. The number of methoxy groups -OCH3 is 1. The molecule has 0 unspecified atom stereocenters. The van der Waals surface area contributed by atoms with Gasteiger partial charge in [0.15, 0.2) is 0 Å². The van der Waals surface area contributed by atoms with E-state index in [9.17, 15) is 4.79 Å². The van der Waals surface area contributed by atoms with Crippen LogP contribution in [0.25, 0.3) is 0 Å². The largest absolute Gasteiger partial charge is 0.497 e. The first kappa shape index (κ1) is 15.9. The molecule has 1 saturated carbocycles. The number of nitrogens with zero attached hydrogens (tertiary/aromatic N) is 2. The van der Waals surface area contributed by atoms with Gasteiger partial charge in [-0.25, -0.2) is 0 Å². The number of rotatable bonds is 5. The number of likely N-dealkylation sites (tertiary alicyclic amines) is 1. The maximum atomic E-state index is 12.9. The average molecular weight is 338 g/mol. The summed E-state index contributed by atoms with van der Waals surface area (Å²) in [5, 5.41) is 0. The molecular formula is C20H22N2O3. The minimum absolute atomic E-state index is 0.0242. The Hall–Kier alpha value is -2.56. The van der Waals surface area contributed by atoms with Crippen LogP contribution in [-0.2, 0) is 0 Å². The third-order valence-corrected chi connectivity index (χ3v) is 5.34. The second-order valence-electron chi connectivity index (χ2n) is 6.71. The molecule has 1 amide bonds. The van der Waals surface area contributed by atoms with Crippen LogP contribution in [0.15, 0.2) is 48.7 Å². The van der Waals surface area contributed by atoms with Crippen LogP contribution in [0.5, 0.6) is 11.5 Å². The summed E-state index contributed by atoms with van der Waals surface area (Å²) in [4.78, 5) is 19.2. The number of benzene rings is 1. The summed E-state index contributed by atoms with van der Waals surface area (Å²) in [5.74, 6) is 2.15. The van der Waals surface area contributed by atoms with Crippen molar-refractivity contribution in [2.24, 2.45) is 5.92 Å². The number of carbonyl (C=O) groups is 1. The van der Waals surface area contributed by atoms with E-state index in [0.29, 0.717) is 24.3 Å². The highest BCUT2D eigenvalue weighted by molar-refractivity contribution is 5.93. The second kappa shape index (κ2) is 6.75. The van der Waals surface area contributed by atoms with Gasteiger partial charge in [0.25, 0.3) is 5.91 Å². The molecule has 3 atom stereocenters. The molecule has 25 heavy (non-hydrogen) atoms. The van der Waals surface area contributed by atoms with Crippen LogP contribution in [0.3, 0.4) is 0 Å². The number of ether oxygens (including phenoxy) is 2. The number of amides is 1. The van der Waals surface area contributed by atoms with Gasteiger partial charge in [-0.2, -0.15) is 0 Å². The van der Waals surface area contributed by atoms with Crippen molar-refractivity contribution in [3.8, 4) is 11.5 Å². The van der Waals surface area contributed by atoms with E-state index in [2.05, 4.69) is 4.98 Å². The maximum Gasteiger partial charge on any atom is 0.273 e. The van der Waals surface area contributed by atoms with Crippen molar-refractivity contribution in [3.63, 3.8) is 0 Å². The lowest BCUT2D eigenvalue weighted by Gasteiger charge is -2.35. The summed E-state index contributed by atoms with van der Waals surface area (Å²) in [5.41, 5.74) is 0.518. The van der Waals surface area contributed by atoms with E-state index >= 15 is 0 Å². The molecule has 0 N–H and O–H groups in total. The summed E-state index contributed by atoms with van der Waals surface area (Å²) < 4.78 is 11.2. The molecule has 4 rings (SSSR count). The molecule has 2 fully saturated rings. The lowest BCUT2D eigenvalue weighted by Crippen LogP contribution is -2.48. The molecule has 2 heterocycles. The summed E-state index contributed by atoms with van der Waals surface area (Å²) in [6, 6.07) is 13.5.